The highest BCUT2D eigenvalue weighted by Crippen LogP contribution is 2.29. The van der Waals surface area contributed by atoms with Crippen LogP contribution < -0.4 is 10.0 Å². The molecule has 0 fully saturated rings. The quantitative estimate of drug-likeness (QED) is 0.421. The smallest absolute Gasteiger partial charge is 0.328 e. The highest BCUT2D eigenvalue weighted by Gasteiger charge is 2.18. The maximum absolute atomic E-state index is 12.5. The topological polar surface area (TPSA) is 93.1 Å². The largest absolute Gasteiger partial charge is 0.337 e. The molecule has 0 unspecified atom stereocenters. The Hall–Kier alpha value is -3.91. The average molecular weight is 461 g/mol. The molecule has 0 spiro atoms. The lowest BCUT2D eigenvalue weighted by Gasteiger charge is -2.10. The predicted molar refractivity (Wildman–Crippen MR) is 128 cm³/mol. The molecule has 168 valence electrons. The first kappa shape index (κ1) is 22.3. The summed E-state index contributed by atoms with van der Waals surface area (Å²) >= 11 is 0. The van der Waals surface area contributed by atoms with Gasteiger partial charge in [0, 0.05) is 17.7 Å². The van der Waals surface area contributed by atoms with E-state index in [1.54, 1.807) is 16.8 Å². The van der Waals surface area contributed by atoms with Gasteiger partial charge in [-0.25, -0.2) is 22.6 Å². The van der Waals surface area contributed by atoms with Gasteiger partial charge in [0.1, 0.15) is 0 Å². The highest BCUT2D eigenvalue weighted by atomic mass is 32.2. The molecule has 0 radical (unpaired) electrons. The number of sulfonamides is 1. The third kappa shape index (κ3) is 5.12. The summed E-state index contributed by atoms with van der Waals surface area (Å²) in [5.74, 6) is 0. The van der Waals surface area contributed by atoms with E-state index >= 15 is 0 Å². The van der Waals surface area contributed by atoms with Crippen LogP contribution >= 0.6 is 0 Å². The Kier molecular flexibility index (Phi) is 6.55. The van der Waals surface area contributed by atoms with Crippen LogP contribution in [0.25, 0.3) is 28.2 Å². The van der Waals surface area contributed by atoms with E-state index in [9.17, 15) is 13.2 Å². The monoisotopic (exact) mass is 460 g/mol. The van der Waals surface area contributed by atoms with Crippen molar-refractivity contribution >= 4 is 16.1 Å². The second kappa shape index (κ2) is 9.70. The standard InChI is InChI=1S/C25H24N4O3S/c1-2-17-26-25(30)28-33(31,32)22-15-13-21(14-16-22)29-24(20-11-7-4-8-12-20)18-23(27-29)19-9-5-3-6-10-19/h3-16,18H,2,17H2,1H3,(H2,26,28,30). The number of nitrogens with one attached hydrogen (secondary N) is 2. The molecule has 8 heteroatoms. The van der Waals surface area contributed by atoms with Crippen LogP contribution in [0.3, 0.4) is 0 Å². The molecule has 4 aromatic rings. The number of amides is 2. The molecular weight excluding hydrogens is 436 g/mol. The summed E-state index contributed by atoms with van der Waals surface area (Å²) in [6.07, 6.45) is 0.709. The van der Waals surface area contributed by atoms with Crippen molar-refractivity contribution in [2.45, 2.75) is 18.2 Å². The summed E-state index contributed by atoms with van der Waals surface area (Å²) in [5, 5.41) is 7.28. The number of carbonyl (C=O) groups is 1. The van der Waals surface area contributed by atoms with Crippen LogP contribution in [0, 0.1) is 0 Å². The number of rotatable bonds is 7. The number of hydrogen-bond acceptors (Lipinski definition) is 4. The van der Waals surface area contributed by atoms with E-state index in [-0.39, 0.29) is 4.90 Å². The Balaban J connectivity index is 1.69. The maximum Gasteiger partial charge on any atom is 0.328 e. The zero-order chi connectivity index (χ0) is 23.3. The van der Waals surface area contributed by atoms with Gasteiger partial charge in [-0.1, -0.05) is 67.6 Å². The normalized spacial score (nSPS) is 11.2. The van der Waals surface area contributed by atoms with Crippen molar-refractivity contribution < 1.29 is 13.2 Å². The molecule has 2 N–H and O–H groups in total. The summed E-state index contributed by atoms with van der Waals surface area (Å²) in [7, 11) is -3.98. The van der Waals surface area contributed by atoms with Gasteiger partial charge in [-0.2, -0.15) is 5.10 Å². The summed E-state index contributed by atoms with van der Waals surface area (Å²) in [5.41, 5.74) is 4.35. The van der Waals surface area contributed by atoms with Crippen molar-refractivity contribution in [3.63, 3.8) is 0 Å². The minimum Gasteiger partial charge on any atom is -0.337 e. The Bertz CT molecular complexity index is 1330. The maximum atomic E-state index is 12.5. The van der Waals surface area contributed by atoms with Crippen molar-refractivity contribution in [3.8, 4) is 28.2 Å². The van der Waals surface area contributed by atoms with E-state index in [0.29, 0.717) is 18.7 Å². The van der Waals surface area contributed by atoms with Gasteiger partial charge in [-0.05, 0) is 36.8 Å². The summed E-state index contributed by atoms with van der Waals surface area (Å²) < 4.78 is 28.9. The van der Waals surface area contributed by atoms with Gasteiger partial charge in [0.25, 0.3) is 10.0 Å². The van der Waals surface area contributed by atoms with E-state index in [1.807, 2.05) is 78.4 Å². The molecular formula is C25H24N4O3S. The van der Waals surface area contributed by atoms with E-state index in [2.05, 4.69) is 5.32 Å². The van der Waals surface area contributed by atoms with E-state index in [4.69, 9.17) is 5.10 Å². The van der Waals surface area contributed by atoms with Crippen LogP contribution in [0.4, 0.5) is 4.79 Å². The first-order valence-electron chi connectivity index (χ1n) is 10.6. The zero-order valence-electron chi connectivity index (χ0n) is 18.1. The Morgan fingerprint density at radius 1 is 0.879 bits per heavy atom. The van der Waals surface area contributed by atoms with Gasteiger partial charge in [0.2, 0.25) is 0 Å². The van der Waals surface area contributed by atoms with Crippen molar-refractivity contribution in [3.05, 3.63) is 91.0 Å². The summed E-state index contributed by atoms with van der Waals surface area (Å²) in [6, 6.07) is 27.3. The number of aromatic nitrogens is 2. The molecule has 1 heterocycles. The molecule has 0 aliphatic rings. The Morgan fingerprint density at radius 3 is 2.09 bits per heavy atom. The molecule has 1 aromatic heterocycles. The Labute approximate surface area is 193 Å². The number of hydrogen-bond donors (Lipinski definition) is 2. The second-order valence-electron chi connectivity index (χ2n) is 7.41. The molecule has 33 heavy (non-hydrogen) atoms. The third-order valence-corrected chi connectivity index (χ3v) is 6.35. The first-order valence-corrected chi connectivity index (χ1v) is 12.1. The van der Waals surface area contributed by atoms with Gasteiger partial charge in [0.05, 0.1) is 22.0 Å². The number of nitrogens with zero attached hydrogens (tertiary/aromatic N) is 2. The number of carbonyl (C=O) groups excluding carboxylic acids is 1. The fourth-order valence-corrected chi connectivity index (χ4v) is 4.29. The molecule has 2 amide bonds. The predicted octanol–water partition coefficient (Wildman–Crippen LogP) is 4.60. The van der Waals surface area contributed by atoms with Crippen LogP contribution in [-0.4, -0.2) is 30.8 Å². The van der Waals surface area contributed by atoms with Crippen molar-refractivity contribution in [1.82, 2.24) is 19.8 Å². The van der Waals surface area contributed by atoms with Crippen LogP contribution in [0.5, 0.6) is 0 Å². The fourth-order valence-electron chi connectivity index (χ4n) is 3.36. The second-order valence-corrected chi connectivity index (χ2v) is 9.10. The molecule has 0 aliphatic heterocycles. The molecule has 0 saturated heterocycles. The van der Waals surface area contributed by atoms with Gasteiger partial charge in [-0.15, -0.1) is 0 Å². The molecule has 0 bridgehead atoms. The average Bonchev–Trinajstić information content (AvgIpc) is 3.29. The molecule has 4 rings (SSSR count). The van der Waals surface area contributed by atoms with Crippen molar-refractivity contribution in [1.29, 1.82) is 0 Å². The van der Waals surface area contributed by atoms with Gasteiger partial charge < -0.3 is 5.32 Å². The Morgan fingerprint density at radius 2 is 1.48 bits per heavy atom. The lowest BCUT2D eigenvalue weighted by atomic mass is 10.1. The molecule has 3 aromatic carbocycles. The minimum atomic E-state index is -3.98. The van der Waals surface area contributed by atoms with Crippen molar-refractivity contribution in [2.75, 3.05) is 6.54 Å². The number of urea groups is 1. The SMILES string of the molecule is CCCNC(=O)NS(=O)(=O)c1ccc(-n2nc(-c3ccccc3)cc2-c2ccccc2)cc1. The molecule has 0 saturated carbocycles. The fraction of sp³-hybridized carbons (Fsp3) is 0.120. The lowest BCUT2D eigenvalue weighted by Crippen LogP contribution is -2.39. The summed E-state index contributed by atoms with van der Waals surface area (Å²) in [4.78, 5) is 11.8. The first-order chi connectivity index (χ1) is 16.0. The van der Waals surface area contributed by atoms with E-state index in [0.717, 1.165) is 22.5 Å². The van der Waals surface area contributed by atoms with E-state index < -0.39 is 16.1 Å². The third-order valence-electron chi connectivity index (χ3n) is 5.00. The summed E-state index contributed by atoms with van der Waals surface area (Å²) in [6.45, 7) is 2.28. The highest BCUT2D eigenvalue weighted by molar-refractivity contribution is 7.90. The zero-order valence-corrected chi connectivity index (χ0v) is 18.9. The van der Waals surface area contributed by atoms with Crippen LogP contribution in [0.1, 0.15) is 13.3 Å². The minimum absolute atomic E-state index is 0.00500. The van der Waals surface area contributed by atoms with Crippen LogP contribution in [0.2, 0.25) is 0 Å². The van der Waals surface area contributed by atoms with E-state index in [1.165, 1.54) is 12.1 Å². The molecule has 0 aliphatic carbocycles. The molecule has 7 nitrogen and oxygen atoms in total. The van der Waals surface area contributed by atoms with Gasteiger partial charge in [0.15, 0.2) is 0 Å². The van der Waals surface area contributed by atoms with Crippen molar-refractivity contribution in [2.24, 2.45) is 0 Å². The number of benzene rings is 3. The molecule has 0 atom stereocenters. The van der Waals surface area contributed by atoms with Crippen LogP contribution in [-0.2, 0) is 10.0 Å². The van der Waals surface area contributed by atoms with Gasteiger partial charge >= 0.3 is 6.03 Å². The van der Waals surface area contributed by atoms with Gasteiger partial charge in [-0.3, -0.25) is 0 Å². The van der Waals surface area contributed by atoms with Crippen LogP contribution in [0.15, 0.2) is 95.9 Å². The lowest BCUT2D eigenvalue weighted by molar-refractivity contribution is 0.246.